The second-order valence-corrected chi connectivity index (χ2v) is 5.48. The van der Waals surface area contributed by atoms with Crippen molar-refractivity contribution < 1.29 is 4.74 Å². The van der Waals surface area contributed by atoms with Gasteiger partial charge >= 0.3 is 0 Å². The van der Waals surface area contributed by atoms with Crippen molar-refractivity contribution in [1.29, 1.82) is 0 Å². The first-order valence-corrected chi connectivity index (χ1v) is 7.38. The summed E-state index contributed by atoms with van der Waals surface area (Å²) in [5.74, 6) is 0.927. The van der Waals surface area contributed by atoms with Crippen LogP contribution in [0.5, 0.6) is 5.75 Å². The van der Waals surface area contributed by atoms with Crippen LogP contribution in [0, 0.1) is 0 Å². The summed E-state index contributed by atoms with van der Waals surface area (Å²) in [6.45, 7) is 0.464. The molecule has 1 aromatic heterocycles. The van der Waals surface area contributed by atoms with Crippen LogP contribution in [0.15, 0.2) is 18.2 Å². The molecule has 1 heterocycles. The van der Waals surface area contributed by atoms with E-state index >= 15 is 0 Å². The lowest BCUT2D eigenvalue weighted by Gasteiger charge is -2.16. The smallest absolute Gasteiger partial charge is 0.136 e. The number of nitrogens with zero attached hydrogens (tertiary/aromatic N) is 2. The fraction of sp³-hybridized carbons (Fsp3) is 0.429. The molecule has 0 bridgehead atoms. The monoisotopic (exact) mass is 275 g/mol. The van der Waals surface area contributed by atoms with E-state index in [4.69, 9.17) is 4.74 Å². The van der Waals surface area contributed by atoms with Gasteiger partial charge in [0.25, 0.3) is 0 Å². The molecule has 2 aromatic rings. The quantitative estimate of drug-likeness (QED) is 0.931. The maximum Gasteiger partial charge on any atom is 0.136 e. The third kappa shape index (κ3) is 2.71. The van der Waals surface area contributed by atoms with Gasteiger partial charge in [-0.25, -0.2) is 0 Å². The van der Waals surface area contributed by atoms with Gasteiger partial charge in [-0.15, -0.1) is 5.10 Å². The van der Waals surface area contributed by atoms with Crippen LogP contribution in [0.25, 0.3) is 0 Å². The normalized spacial score (nSPS) is 13.9. The Labute approximate surface area is 117 Å². The van der Waals surface area contributed by atoms with E-state index in [0.29, 0.717) is 6.61 Å². The Hall–Kier alpha value is -1.62. The van der Waals surface area contributed by atoms with Gasteiger partial charge in [0.1, 0.15) is 23.1 Å². The van der Waals surface area contributed by atoms with E-state index in [1.165, 1.54) is 48.3 Å². The average Bonchev–Trinajstić information content (AvgIpc) is 2.92. The number of benzene rings is 1. The van der Waals surface area contributed by atoms with Crippen LogP contribution in [0.2, 0.25) is 0 Å². The van der Waals surface area contributed by atoms with Gasteiger partial charge < -0.3 is 10.1 Å². The summed E-state index contributed by atoms with van der Waals surface area (Å²) in [5.41, 5.74) is 3.78. The van der Waals surface area contributed by atoms with Gasteiger partial charge in [-0.1, -0.05) is 10.6 Å². The maximum atomic E-state index is 5.82. The van der Waals surface area contributed by atoms with Gasteiger partial charge in [0.15, 0.2) is 0 Å². The minimum atomic E-state index is 0.464. The van der Waals surface area contributed by atoms with E-state index in [1.807, 2.05) is 7.05 Å². The third-order valence-corrected chi connectivity index (χ3v) is 4.26. The van der Waals surface area contributed by atoms with E-state index < -0.39 is 0 Å². The first-order chi connectivity index (χ1) is 9.36. The third-order valence-electron chi connectivity index (χ3n) is 3.48. The molecule has 5 heteroatoms. The highest BCUT2D eigenvalue weighted by Crippen LogP contribution is 2.26. The minimum Gasteiger partial charge on any atom is -0.487 e. The standard InChI is InChI=1S/C14H17N3OS/c1-15-14-13(16-17-19-14)9-18-12-7-6-10-4-2-3-5-11(10)8-12/h6-8,15H,2-5,9H2,1H3. The van der Waals surface area contributed by atoms with Crippen LogP contribution < -0.4 is 10.1 Å². The molecule has 100 valence electrons. The molecule has 0 radical (unpaired) electrons. The van der Waals surface area contributed by atoms with Gasteiger partial charge in [0.05, 0.1) is 0 Å². The van der Waals surface area contributed by atoms with Crippen LogP contribution in [-0.4, -0.2) is 16.6 Å². The predicted octanol–water partition coefficient (Wildman–Crippen LogP) is 3.04. The molecule has 0 unspecified atom stereocenters. The number of anilines is 1. The predicted molar refractivity (Wildman–Crippen MR) is 76.9 cm³/mol. The van der Waals surface area contributed by atoms with Crippen molar-refractivity contribution in [2.24, 2.45) is 0 Å². The van der Waals surface area contributed by atoms with Crippen LogP contribution in [-0.2, 0) is 19.4 Å². The molecule has 19 heavy (non-hydrogen) atoms. The zero-order chi connectivity index (χ0) is 13.1. The lowest BCUT2D eigenvalue weighted by molar-refractivity contribution is 0.301. The Bertz CT molecular complexity index is 568. The highest BCUT2D eigenvalue weighted by atomic mass is 32.1. The summed E-state index contributed by atoms with van der Waals surface area (Å²) in [7, 11) is 1.87. The fourth-order valence-corrected chi connectivity index (χ4v) is 2.96. The number of nitrogens with one attached hydrogen (secondary N) is 1. The first-order valence-electron chi connectivity index (χ1n) is 6.60. The summed E-state index contributed by atoms with van der Waals surface area (Å²) >= 11 is 1.36. The Morgan fingerprint density at radius 1 is 1.26 bits per heavy atom. The molecule has 0 spiro atoms. The summed E-state index contributed by atoms with van der Waals surface area (Å²) in [6.07, 6.45) is 4.97. The van der Waals surface area contributed by atoms with Crippen LogP contribution >= 0.6 is 11.5 Å². The van der Waals surface area contributed by atoms with E-state index in [1.54, 1.807) is 0 Å². The van der Waals surface area contributed by atoms with E-state index in [9.17, 15) is 0 Å². The Balaban J connectivity index is 1.70. The van der Waals surface area contributed by atoms with E-state index in [0.717, 1.165) is 16.4 Å². The molecule has 0 amide bonds. The zero-order valence-corrected chi connectivity index (χ0v) is 11.8. The van der Waals surface area contributed by atoms with Crippen LogP contribution in [0.4, 0.5) is 5.00 Å². The number of ether oxygens (including phenoxy) is 1. The molecule has 1 aliphatic carbocycles. The van der Waals surface area contributed by atoms with Crippen LogP contribution in [0.3, 0.4) is 0 Å². The van der Waals surface area contributed by atoms with Crippen molar-refractivity contribution in [2.75, 3.05) is 12.4 Å². The topological polar surface area (TPSA) is 47.0 Å². The number of fused-ring (bicyclic) bond motifs is 1. The number of aromatic nitrogens is 2. The Kier molecular flexibility index (Phi) is 3.64. The molecule has 3 rings (SSSR count). The molecular weight excluding hydrogens is 258 g/mol. The van der Waals surface area contributed by atoms with Gasteiger partial charge in [0.2, 0.25) is 0 Å². The molecular formula is C14H17N3OS. The van der Waals surface area contributed by atoms with Crippen molar-refractivity contribution in [1.82, 2.24) is 9.59 Å². The second-order valence-electron chi connectivity index (χ2n) is 4.73. The summed E-state index contributed by atoms with van der Waals surface area (Å²) < 4.78 is 9.75. The van der Waals surface area contributed by atoms with Crippen LogP contribution in [0.1, 0.15) is 29.7 Å². The maximum absolute atomic E-state index is 5.82. The van der Waals surface area contributed by atoms with Crippen molar-refractivity contribution in [3.05, 3.63) is 35.0 Å². The molecule has 0 saturated heterocycles. The number of rotatable bonds is 4. The number of hydrogen-bond donors (Lipinski definition) is 1. The molecule has 4 nitrogen and oxygen atoms in total. The first kappa shape index (κ1) is 12.4. The number of aryl methyl sites for hydroxylation is 2. The lowest BCUT2D eigenvalue weighted by Crippen LogP contribution is -2.04. The summed E-state index contributed by atoms with van der Waals surface area (Å²) in [4.78, 5) is 0. The average molecular weight is 275 g/mol. The zero-order valence-electron chi connectivity index (χ0n) is 11.0. The minimum absolute atomic E-state index is 0.464. The van der Waals surface area contributed by atoms with Gasteiger partial charge in [-0.05, 0) is 48.9 Å². The molecule has 0 aliphatic heterocycles. The van der Waals surface area contributed by atoms with Crippen molar-refractivity contribution in [3.63, 3.8) is 0 Å². The largest absolute Gasteiger partial charge is 0.487 e. The van der Waals surface area contributed by atoms with E-state index in [-0.39, 0.29) is 0 Å². The molecule has 1 aromatic carbocycles. The van der Waals surface area contributed by atoms with Gasteiger partial charge in [0, 0.05) is 18.6 Å². The van der Waals surface area contributed by atoms with Crippen molar-refractivity contribution >= 4 is 16.5 Å². The van der Waals surface area contributed by atoms with E-state index in [2.05, 4.69) is 33.1 Å². The summed E-state index contributed by atoms with van der Waals surface area (Å²) in [6, 6.07) is 6.43. The van der Waals surface area contributed by atoms with Gasteiger partial charge in [-0.3, -0.25) is 0 Å². The van der Waals surface area contributed by atoms with Crippen molar-refractivity contribution in [3.8, 4) is 5.75 Å². The highest BCUT2D eigenvalue weighted by Gasteiger charge is 2.11. The number of hydrogen-bond acceptors (Lipinski definition) is 5. The fourth-order valence-electron chi connectivity index (χ4n) is 2.44. The SMILES string of the molecule is CNc1snnc1COc1ccc2c(c1)CCCC2. The van der Waals surface area contributed by atoms with Crippen molar-refractivity contribution in [2.45, 2.75) is 32.3 Å². The Morgan fingerprint density at radius 2 is 2.11 bits per heavy atom. The summed E-state index contributed by atoms with van der Waals surface area (Å²) in [5, 5.41) is 8.12. The molecule has 0 fully saturated rings. The molecule has 0 atom stereocenters. The second kappa shape index (κ2) is 5.57. The molecule has 1 N–H and O–H groups in total. The van der Waals surface area contributed by atoms with Gasteiger partial charge in [-0.2, -0.15) is 0 Å². The Morgan fingerprint density at radius 3 is 2.95 bits per heavy atom. The molecule has 0 saturated carbocycles. The lowest BCUT2D eigenvalue weighted by atomic mass is 9.92. The molecule has 1 aliphatic rings. The highest BCUT2D eigenvalue weighted by molar-refractivity contribution is 7.10.